The lowest BCUT2D eigenvalue weighted by molar-refractivity contribution is -0.898. The van der Waals surface area contributed by atoms with E-state index in [2.05, 4.69) is 58.1 Å². The fourth-order valence-corrected chi connectivity index (χ4v) is 4.23. The van der Waals surface area contributed by atoms with Gasteiger partial charge in [-0.1, -0.05) is 6.07 Å². The molecule has 0 atom stereocenters. The van der Waals surface area contributed by atoms with Gasteiger partial charge in [0, 0.05) is 43.0 Å². The third kappa shape index (κ3) is 10.2. The van der Waals surface area contributed by atoms with E-state index < -0.39 is 0 Å². The summed E-state index contributed by atoms with van der Waals surface area (Å²) in [6.07, 6.45) is 12.9. The van der Waals surface area contributed by atoms with Crippen LogP contribution in [0.4, 0.5) is 0 Å². The molecule has 0 bridgehead atoms. The third-order valence-electron chi connectivity index (χ3n) is 6.59. The Morgan fingerprint density at radius 2 is 1.28 bits per heavy atom. The second-order valence-corrected chi connectivity index (χ2v) is 10.6. The largest absolute Gasteiger partial charge is 0.370 e. The second-order valence-electron chi connectivity index (χ2n) is 10.6. The summed E-state index contributed by atoms with van der Waals surface area (Å²) >= 11 is 0. The maximum Gasteiger partial charge on any atom is 0.184 e. The van der Waals surface area contributed by atoms with E-state index >= 15 is 0 Å². The number of rotatable bonds is 0. The average Bonchev–Trinajstić information content (AvgIpc) is 3.39. The standard InChI is InChI=1S/C9H12N.C6H14NO.C6H14N.C6H8N/c1-10-7-3-5-8-4-2-6-9(8)10;1-7(2)3-5-8-6-4-7;1-7(2)5-3-4-6-7;1-7-5-3-2-4-6-7/h3,5,7H,2,4,6H2,1H3;3-6H2,1-2H3;3-6H2,1-2H3;2-6H,1H3/q4*+1. The Bertz CT molecular complexity index is 773. The molecule has 0 N–H and O–H groups in total. The Labute approximate surface area is 197 Å². The van der Waals surface area contributed by atoms with Crippen molar-refractivity contribution in [2.45, 2.75) is 32.1 Å². The highest BCUT2D eigenvalue weighted by molar-refractivity contribution is 5.20. The van der Waals surface area contributed by atoms with Gasteiger partial charge in [-0.05, 0) is 18.9 Å². The van der Waals surface area contributed by atoms with Gasteiger partial charge in [0.2, 0.25) is 0 Å². The first-order chi connectivity index (χ1) is 15.2. The van der Waals surface area contributed by atoms with Gasteiger partial charge in [0.1, 0.15) is 27.2 Å². The highest BCUT2D eigenvalue weighted by atomic mass is 16.5. The van der Waals surface area contributed by atoms with Crippen LogP contribution >= 0.6 is 0 Å². The number of ether oxygens (including phenoxy) is 1. The number of pyridine rings is 2. The summed E-state index contributed by atoms with van der Waals surface area (Å²) in [4.78, 5) is 0. The van der Waals surface area contributed by atoms with Crippen molar-refractivity contribution in [1.29, 1.82) is 0 Å². The third-order valence-corrected chi connectivity index (χ3v) is 6.59. The SMILES string of the molecule is C[N+]1(C)CCCC1.C[N+]1(C)CCOCC1.C[n+]1cccc2c1CCC2.C[n+]1ccccc1. The summed E-state index contributed by atoms with van der Waals surface area (Å²) in [7, 11) is 13.2. The number of quaternary nitrogens is 2. The Hall–Kier alpha value is -1.82. The summed E-state index contributed by atoms with van der Waals surface area (Å²) in [5, 5.41) is 0. The number of hydrogen-bond donors (Lipinski definition) is 0. The van der Waals surface area contributed by atoms with Crippen molar-refractivity contribution < 1.29 is 22.8 Å². The monoisotopic (exact) mass is 444 g/mol. The molecule has 0 saturated carbocycles. The maximum absolute atomic E-state index is 5.19. The van der Waals surface area contributed by atoms with E-state index in [0.29, 0.717) is 0 Å². The lowest BCUT2D eigenvalue weighted by Crippen LogP contribution is -2.48. The first-order valence-corrected chi connectivity index (χ1v) is 12.3. The van der Waals surface area contributed by atoms with Crippen molar-refractivity contribution in [1.82, 2.24) is 0 Å². The minimum Gasteiger partial charge on any atom is -0.370 e. The average molecular weight is 445 g/mol. The molecule has 5 nitrogen and oxygen atoms in total. The summed E-state index contributed by atoms with van der Waals surface area (Å²) in [6.45, 7) is 6.99. The molecule has 2 aromatic heterocycles. The highest BCUT2D eigenvalue weighted by Gasteiger charge is 2.20. The number of likely N-dealkylation sites (N-methyl/N-ethyl adjacent to an activating group) is 1. The van der Waals surface area contributed by atoms with Crippen molar-refractivity contribution in [3.63, 3.8) is 0 Å². The van der Waals surface area contributed by atoms with E-state index in [4.69, 9.17) is 4.74 Å². The molecule has 178 valence electrons. The van der Waals surface area contributed by atoms with Crippen LogP contribution in [0.15, 0.2) is 48.9 Å². The zero-order valence-corrected chi connectivity index (χ0v) is 21.6. The van der Waals surface area contributed by atoms with Crippen LogP contribution in [0.2, 0.25) is 0 Å². The second kappa shape index (κ2) is 13.0. The number of likely N-dealkylation sites (tertiary alicyclic amines) is 1. The van der Waals surface area contributed by atoms with Crippen molar-refractivity contribution >= 4 is 0 Å². The smallest absolute Gasteiger partial charge is 0.184 e. The summed E-state index contributed by atoms with van der Waals surface area (Å²) in [5.74, 6) is 0. The molecule has 0 unspecified atom stereocenters. The van der Waals surface area contributed by atoms with Gasteiger partial charge >= 0.3 is 0 Å². The van der Waals surface area contributed by atoms with Crippen LogP contribution < -0.4 is 9.13 Å². The molecule has 0 aromatic carbocycles. The molecule has 1 aliphatic carbocycles. The summed E-state index contributed by atoms with van der Waals surface area (Å²) in [5.41, 5.74) is 3.08. The number of hydrogen-bond acceptors (Lipinski definition) is 1. The number of fused-ring (bicyclic) bond motifs is 1. The van der Waals surface area contributed by atoms with E-state index in [9.17, 15) is 0 Å². The molecular formula is C27H48N4O+4. The van der Waals surface area contributed by atoms with Crippen LogP contribution in [0.3, 0.4) is 0 Å². The van der Waals surface area contributed by atoms with Crippen molar-refractivity contribution in [2.75, 3.05) is 67.6 Å². The first kappa shape index (κ1) is 26.4. The number of morpholine rings is 1. The lowest BCUT2D eigenvalue weighted by Gasteiger charge is -2.33. The topological polar surface area (TPSA) is 17.0 Å². The van der Waals surface area contributed by atoms with Gasteiger partial charge in [-0.2, -0.15) is 0 Å². The van der Waals surface area contributed by atoms with Gasteiger partial charge in [-0.25, -0.2) is 9.13 Å². The van der Waals surface area contributed by atoms with Gasteiger partial charge in [0.15, 0.2) is 24.3 Å². The Kier molecular flexibility index (Phi) is 10.8. The van der Waals surface area contributed by atoms with Crippen molar-refractivity contribution in [3.05, 3.63) is 60.2 Å². The molecular weight excluding hydrogens is 396 g/mol. The van der Waals surface area contributed by atoms with Crippen LogP contribution in [0.5, 0.6) is 0 Å². The van der Waals surface area contributed by atoms with Gasteiger partial charge in [-0.15, -0.1) is 0 Å². The number of nitrogens with zero attached hydrogens (tertiary/aromatic N) is 4. The molecule has 2 aliphatic heterocycles. The molecule has 2 fully saturated rings. The van der Waals surface area contributed by atoms with Crippen LogP contribution in [-0.4, -0.2) is 76.5 Å². The van der Waals surface area contributed by atoms with Gasteiger partial charge in [-0.3, -0.25) is 0 Å². The number of aromatic nitrogens is 2. The molecule has 0 amide bonds. The zero-order valence-electron chi connectivity index (χ0n) is 21.6. The Morgan fingerprint density at radius 1 is 0.688 bits per heavy atom. The predicted molar refractivity (Wildman–Crippen MR) is 131 cm³/mol. The normalized spacial score (nSPS) is 19.8. The fourth-order valence-electron chi connectivity index (χ4n) is 4.23. The van der Waals surface area contributed by atoms with E-state index in [1.807, 2.05) is 42.2 Å². The molecule has 32 heavy (non-hydrogen) atoms. The maximum atomic E-state index is 5.19. The molecule has 5 heteroatoms. The van der Waals surface area contributed by atoms with Crippen LogP contribution in [0, 0.1) is 0 Å². The molecule has 5 rings (SSSR count). The highest BCUT2D eigenvalue weighted by Crippen LogP contribution is 2.16. The van der Waals surface area contributed by atoms with E-state index in [1.165, 1.54) is 68.5 Å². The minimum atomic E-state index is 0.938. The quantitative estimate of drug-likeness (QED) is 0.451. The molecule has 0 radical (unpaired) electrons. The fraction of sp³-hybridized carbons (Fsp3) is 0.630. The minimum absolute atomic E-state index is 0.938. The molecule has 0 spiro atoms. The first-order valence-electron chi connectivity index (χ1n) is 12.3. The van der Waals surface area contributed by atoms with Crippen LogP contribution in [0.1, 0.15) is 30.5 Å². The lowest BCUT2D eigenvalue weighted by atomic mass is 10.2. The predicted octanol–water partition coefficient (Wildman–Crippen LogP) is 2.46. The van der Waals surface area contributed by atoms with E-state index in [0.717, 1.165) is 17.7 Å². The molecule has 3 aliphatic rings. The molecule has 2 aromatic rings. The van der Waals surface area contributed by atoms with Gasteiger partial charge in [0.05, 0.1) is 54.5 Å². The zero-order chi connectivity index (χ0) is 23.5. The van der Waals surface area contributed by atoms with Crippen molar-refractivity contribution in [2.24, 2.45) is 14.1 Å². The Morgan fingerprint density at radius 3 is 1.69 bits per heavy atom. The van der Waals surface area contributed by atoms with E-state index in [-0.39, 0.29) is 0 Å². The van der Waals surface area contributed by atoms with Gasteiger partial charge < -0.3 is 13.7 Å². The Balaban J connectivity index is 0.000000153. The van der Waals surface area contributed by atoms with Crippen molar-refractivity contribution in [3.8, 4) is 0 Å². The summed E-state index contributed by atoms with van der Waals surface area (Å²) in [6, 6.07) is 10.4. The van der Waals surface area contributed by atoms with Crippen LogP contribution in [0.25, 0.3) is 0 Å². The molecule has 4 heterocycles. The number of aryl methyl sites for hydroxylation is 3. The molecule has 2 saturated heterocycles. The van der Waals surface area contributed by atoms with Crippen LogP contribution in [-0.2, 0) is 31.7 Å². The van der Waals surface area contributed by atoms with Gasteiger partial charge in [0.25, 0.3) is 0 Å². The van der Waals surface area contributed by atoms with E-state index in [1.54, 1.807) is 5.56 Å². The summed E-state index contributed by atoms with van der Waals surface area (Å²) < 4.78 is 11.8.